The van der Waals surface area contributed by atoms with Crippen LogP contribution in [-0.4, -0.2) is 34.6 Å². The standard InChI is InChI=1S/C21H25NO4/c1-20(2,3)26-19(25)22-13-7-12-21(22,18(23)24)14-16-10-6-9-15-8-4-5-11-17(15)16/h4-6,8-11H,7,12-14H2,1-3H3,(H,23,24)/p-1/t21-/m0/s1. The second-order valence-corrected chi connectivity index (χ2v) is 7.87. The first-order valence-corrected chi connectivity index (χ1v) is 8.92. The fourth-order valence-electron chi connectivity index (χ4n) is 3.69. The van der Waals surface area contributed by atoms with Crippen molar-refractivity contribution in [1.29, 1.82) is 0 Å². The molecule has 5 nitrogen and oxygen atoms in total. The van der Waals surface area contributed by atoms with Crippen LogP contribution >= 0.6 is 0 Å². The molecule has 2 aromatic rings. The molecular formula is C21H24NO4-. The number of fused-ring (bicyclic) bond motifs is 1. The van der Waals surface area contributed by atoms with E-state index in [9.17, 15) is 14.7 Å². The molecule has 1 aliphatic heterocycles. The first-order chi connectivity index (χ1) is 12.2. The highest BCUT2D eigenvalue weighted by Crippen LogP contribution is 2.35. The number of hydrogen-bond acceptors (Lipinski definition) is 4. The Morgan fingerprint density at radius 1 is 1.15 bits per heavy atom. The van der Waals surface area contributed by atoms with Gasteiger partial charge in [0, 0.05) is 13.0 Å². The van der Waals surface area contributed by atoms with Crippen molar-refractivity contribution in [3.8, 4) is 0 Å². The van der Waals surface area contributed by atoms with Crippen molar-refractivity contribution in [3.05, 3.63) is 48.0 Å². The van der Waals surface area contributed by atoms with Gasteiger partial charge >= 0.3 is 6.09 Å². The highest BCUT2D eigenvalue weighted by molar-refractivity contribution is 5.88. The molecule has 1 heterocycles. The third-order valence-electron chi connectivity index (χ3n) is 4.85. The smallest absolute Gasteiger partial charge is 0.411 e. The minimum atomic E-state index is -1.38. The SMILES string of the molecule is CC(C)(C)OC(=O)N1CCC[C@]1(Cc1cccc2ccccc12)C(=O)[O-]. The second-order valence-electron chi connectivity index (χ2n) is 7.87. The number of carboxylic acid groups (broad SMARTS) is 1. The van der Waals surface area contributed by atoms with Gasteiger partial charge in [-0.25, -0.2) is 4.79 Å². The van der Waals surface area contributed by atoms with Gasteiger partial charge in [0.05, 0.1) is 11.5 Å². The van der Waals surface area contributed by atoms with Gasteiger partial charge in [0.25, 0.3) is 0 Å². The van der Waals surface area contributed by atoms with Gasteiger partial charge in [-0.05, 0) is 49.9 Å². The number of ether oxygens (including phenoxy) is 1. The van der Waals surface area contributed by atoms with Crippen LogP contribution < -0.4 is 5.11 Å². The number of rotatable bonds is 3. The van der Waals surface area contributed by atoms with E-state index in [1.54, 1.807) is 20.8 Å². The summed E-state index contributed by atoms with van der Waals surface area (Å²) in [4.78, 5) is 26.2. The van der Waals surface area contributed by atoms with Crippen molar-refractivity contribution in [3.63, 3.8) is 0 Å². The van der Waals surface area contributed by atoms with Crippen molar-refractivity contribution >= 4 is 22.8 Å². The largest absolute Gasteiger partial charge is 0.548 e. The van der Waals surface area contributed by atoms with Crippen LogP contribution in [0, 0.1) is 0 Å². The van der Waals surface area contributed by atoms with Crippen LogP contribution in [0.3, 0.4) is 0 Å². The Morgan fingerprint density at radius 3 is 2.54 bits per heavy atom. The first kappa shape index (κ1) is 18.2. The van der Waals surface area contributed by atoms with E-state index in [2.05, 4.69) is 0 Å². The normalized spacial score (nSPS) is 20.3. The molecule has 1 fully saturated rings. The molecule has 0 unspecified atom stereocenters. The number of aliphatic carboxylic acids is 1. The zero-order valence-electron chi connectivity index (χ0n) is 15.5. The maximum Gasteiger partial charge on any atom is 0.411 e. The molecule has 1 saturated heterocycles. The molecule has 1 aliphatic rings. The van der Waals surface area contributed by atoms with Gasteiger partial charge in [0.2, 0.25) is 0 Å². The highest BCUT2D eigenvalue weighted by Gasteiger charge is 2.46. The number of likely N-dealkylation sites (tertiary alicyclic amines) is 1. The van der Waals surface area contributed by atoms with E-state index in [-0.39, 0.29) is 6.42 Å². The van der Waals surface area contributed by atoms with Gasteiger partial charge in [-0.15, -0.1) is 0 Å². The van der Waals surface area contributed by atoms with Crippen molar-refractivity contribution in [2.45, 2.75) is 51.2 Å². The summed E-state index contributed by atoms with van der Waals surface area (Å²) >= 11 is 0. The van der Waals surface area contributed by atoms with Crippen molar-refractivity contribution in [2.75, 3.05) is 6.54 Å². The van der Waals surface area contributed by atoms with Gasteiger partial charge in [-0.3, -0.25) is 4.90 Å². The quantitative estimate of drug-likeness (QED) is 0.850. The average molecular weight is 354 g/mol. The van der Waals surface area contributed by atoms with Crippen molar-refractivity contribution in [2.24, 2.45) is 0 Å². The Bertz CT molecular complexity index is 834. The number of amides is 1. The Hall–Kier alpha value is -2.56. The minimum absolute atomic E-state index is 0.204. The molecule has 3 rings (SSSR count). The van der Waals surface area contributed by atoms with E-state index in [1.165, 1.54) is 4.90 Å². The molecule has 0 N–H and O–H groups in total. The number of carbonyl (C=O) groups excluding carboxylic acids is 2. The summed E-state index contributed by atoms with van der Waals surface area (Å²) in [6, 6.07) is 13.7. The lowest BCUT2D eigenvalue weighted by Gasteiger charge is -2.40. The fraction of sp³-hybridized carbons (Fsp3) is 0.429. The molecule has 0 saturated carbocycles. The number of hydrogen-bond donors (Lipinski definition) is 0. The summed E-state index contributed by atoms with van der Waals surface area (Å²) in [7, 11) is 0. The van der Waals surface area contributed by atoms with Gasteiger partial charge in [0.1, 0.15) is 5.60 Å². The number of carbonyl (C=O) groups is 2. The molecule has 0 bridgehead atoms. The zero-order chi connectivity index (χ0) is 18.9. The molecule has 0 aliphatic carbocycles. The fourth-order valence-corrected chi connectivity index (χ4v) is 3.69. The van der Waals surface area contributed by atoms with E-state index >= 15 is 0 Å². The Morgan fingerprint density at radius 2 is 1.85 bits per heavy atom. The summed E-state index contributed by atoms with van der Waals surface area (Å²) < 4.78 is 5.45. The van der Waals surface area contributed by atoms with Crippen LogP contribution in [0.15, 0.2) is 42.5 Å². The van der Waals surface area contributed by atoms with E-state index in [1.807, 2.05) is 42.5 Å². The third kappa shape index (κ3) is 3.39. The predicted octanol–water partition coefficient (Wildman–Crippen LogP) is 2.90. The van der Waals surface area contributed by atoms with Gasteiger partial charge in [0.15, 0.2) is 0 Å². The topological polar surface area (TPSA) is 69.7 Å². The molecule has 138 valence electrons. The minimum Gasteiger partial charge on any atom is -0.548 e. The van der Waals surface area contributed by atoms with Gasteiger partial charge in [-0.1, -0.05) is 42.5 Å². The molecule has 0 aromatic heterocycles. The maximum atomic E-state index is 12.6. The van der Waals surface area contributed by atoms with E-state index in [0.717, 1.165) is 16.3 Å². The van der Waals surface area contributed by atoms with E-state index in [0.29, 0.717) is 19.4 Å². The van der Waals surface area contributed by atoms with E-state index < -0.39 is 23.2 Å². The lowest BCUT2D eigenvalue weighted by Crippen LogP contribution is -2.60. The summed E-state index contributed by atoms with van der Waals surface area (Å²) in [6.07, 6.45) is 0.575. The third-order valence-corrected chi connectivity index (χ3v) is 4.85. The number of nitrogens with zero attached hydrogens (tertiary/aromatic N) is 1. The van der Waals surface area contributed by atoms with E-state index in [4.69, 9.17) is 4.74 Å². The molecule has 1 amide bonds. The van der Waals surface area contributed by atoms with Crippen LogP contribution in [-0.2, 0) is 16.0 Å². The van der Waals surface area contributed by atoms with Gasteiger partial charge in [-0.2, -0.15) is 0 Å². The second kappa shape index (κ2) is 6.63. The molecule has 0 spiro atoms. The summed E-state index contributed by atoms with van der Waals surface area (Å²) in [5.41, 5.74) is -1.17. The van der Waals surface area contributed by atoms with Crippen LogP contribution in [0.25, 0.3) is 10.8 Å². The summed E-state index contributed by atoms with van der Waals surface area (Å²) in [5, 5.41) is 14.2. The predicted molar refractivity (Wildman–Crippen MR) is 97.6 cm³/mol. The Kier molecular flexibility index (Phi) is 4.65. The molecule has 0 radical (unpaired) electrons. The van der Waals surface area contributed by atoms with Crippen molar-refractivity contribution < 1.29 is 19.4 Å². The zero-order valence-corrected chi connectivity index (χ0v) is 15.5. The summed E-state index contributed by atoms with van der Waals surface area (Å²) in [5.74, 6) is -1.23. The highest BCUT2D eigenvalue weighted by atomic mass is 16.6. The van der Waals surface area contributed by atoms with Gasteiger partial charge < -0.3 is 14.6 Å². The molecule has 5 heteroatoms. The first-order valence-electron chi connectivity index (χ1n) is 8.92. The molecule has 1 atom stereocenters. The number of benzene rings is 2. The molecular weight excluding hydrogens is 330 g/mol. The van der Waals surface area contributed by atoms with Crippen LogP contribution in [0.5, 0.6) is 0 Å². The Labute approximate surface area is 153 Å². The molecule has 26 heavy (non-hydrogen) atoms. The lowest BCUT2D eigenvalue weighted by atomic mass is 9.86. The summed E-state index contributed by atoms with van der Waals surface area (Å²) in [6.45, 7) is 5.67. The van der Waals surface area contributed by atoms with Crippen molar-refractivity contribution in [1.82, 2.24) is 4.90 Å². The Balaban J connectivity index is 1.99. The number of carboxylic acids is 1. The average Bonchev–Trinajstić information content (AvgIpc) is 2.99. The van der Waals surface area contributed by atoms with Crippen LogP contribution in [0.4, 0.5) is 4.79 Å². The lowest BCUT2D eigenvalue weighted by molar-refractivity contribution is -0.317. The molecule has 2 aromatic carbocycles. The maximum absolute atomic E-state index is 12.6. The van der Waals surface area contributed by atoms with Crippen LogP contribution in [0.2, 0.25) is 0 Å². The van der Waals surface area contributed by atoms with Crippen LogP contribution in [0.1, 0.15) is 39.2 Å². The monoisotopic (exact) mass is 354 g/mol.